The molecule has 0 bridgehead atoms. The highest BCUT2D eigenvalue weighted by Gasteiger charge is 2.09. The number of benzene rings is 1. The van der Waals surface area contributed by atoms with E-state index in [1.54, 1.807) is 7.11 Å². The van der Waals surface area contributed by atoms with E-state index in [0.29, 0.717) is 30.2 Å². The van der Waals surface area contributed by atoms with Crippen LogP contribution in [0.1, 0.15) is 23.1 Å². The molecule has 2 rings (SSSR count). The van der Waals surface area contributed by atoms with Crippen molar-refractivity contribution in [2.75, 3.05) is 26.0 Å². The van der Waals surface area contributed by atoms with E-state index in [1.807, 2.05) is 26.0 Å². The number of fused-ring (bicyclic) bond motifs is 1. The quantitative estimate of drug-likeness (QED) is 0.586. The Hall–Kier alpha value is -1.79. The summed E-state index contributed by atoms with van der Waals surface area (Å²) in [6.45, 7) is 5.27. The van der Waals surface area contributed by atoms with Crippen LogP contribution in [0.5, 0.6) is 0 Å². The zero-order valence-corrected chi connectivity index (χ0v) is 15.1. The first kappa shape index (κ1) is 18.5. The van der Waals surface area contributed by atoms with Gasteiger partial charge in [-0.3, -0.25) is 4.79 Å². The minimum Gasteiger partial charge on any atom is -0.423 e. The zero-order chi connectivity index (χ0) is 17.5. The molecule has 2 aromatic rings. The van der Waals surface area contributed by atoms with Crippen molar-refractivity contribution in [1.82, 2.24) is 5.32 Å². The third-order valence-electron chi connectivity index (χ3n) is 3.78. The Morgan fingerprint density at radius 3 is 2.75 bits per heavy atom. The van der Waals surface area contributed by atoms with Crippen molar-refractivity contribution in [3.63, 3.8) is 0 Å². The third-order valence-corrected chi connectivity index (χ3v) is 4.76. The van der Waals surface area contributed by atoms with Crippen LogP contribution in [0.2, 0.25) is 0 Å². The highest BCUT2D eigenvalue weighted by Crippen LogP contribution is 2.24. The van der Waals surface area contributed by atoms with Crippen molar-refractivity contribution in [2.45, 2.75) is 26.0 Å². The SMILES string of the molecule is COCCCNC(=O)CSCc1cc(=O)oc2cc(C)c(C)cc12. The summed E-state index contributed by atoms with van der Waals surface area (Å²) in [6, 6.07) is 5.44. The second-order valence-electron chi connectivity index (χ2n) is 5.71. The average Bonchev–Trinajstić information content (AvgIpc) is 2.53. The molecule has 0 aliphatic carbocycles. The molecule has 1 heterocycles. The molecule has 130 valence electrons. The summed E-state index contributed by atoms with van der Waals surface area (Å²) >= 11 is 1.49. The van der Waals surface area contributed by atoms with E-state index in [-0.39, 0.29) is 11.5 Å². The maximum absolute atomic E-state index is 11.8. The van der Waals surface area contributed by atoms with Gasteiger partial charge < -0.3 is 14.5 Å². The Morgan fingerprint density at radius 1 is 1.25 bits per heavy atom. The smallest absolute Gasteiger partial charge is 0.336 e. The number of amides is 1. The molecular formula is C18H23NO4S. The molecule has 1 aromatic heterocycles. The minimum absolute atomic E-state index is 0.00426. The van der Waals surface area contributed by atoms with Crippen molar-refractivity contribution >= 4 is 28.6 Å². The van der Waals surface area contributed by atoms with Gasteiger partial charge in [-0.1, -0.05) is 0 Å². The molecule has 1 amide bonds. The van der Waals surface area contributed by atoms with E-state index < -0.39 is 0 Å². The van der Waals surface area contributed by atoms with Gasteiger partial charge in [-0.25, -0.2) is 4.79 Å². The molecule has 0 aliphatic rings. The van der Waals surface area contributed by atoms with Gasteiger partial charge in [0.15, 0.2) is 0 Å². The summed E-state index contributed by atoms with van der Waals surface area (Å²) in [7, 11) is 1.64. The standard InChI is InChI=1S/C18H23NO4S/c1-12-7-15-14(9-18(21)23-16(15)8-13(12)2)10-24-11-17(20)19-5-4-6-22-3/h7-9H,4-6,10-11H2,1-3H3,(H,19,20). The number of carbonyl (C=O) groups excluding carboxylic acids is 1. The van der Waals surface area contributed by atoms with Crippen LogP contribution in [-0.4, -0.2) is 31.9 Å². The van der Waals surface area contributed by atoms with Gasteiger partial charge in [-0.05, 0) is 49.1 Å². The number of methoxy groups -OCH3 is 1. The maximum Gasteiger partial charge on any atom is 0.336 e. The van der Waals surface area contributed by atoms with Crippen molar-refractivity contribution in [2.24, 2.45) is 0 Å². The average molecular weight is 349 g/mol. The van der Waals surface area contributed by atoms with Crippen LogP contribution < -0.4 is 10.9 Å². The molecule has 0 spiro atoms. The second-order valence-corrected chi connectivity index (χ2v) is 6.70. The molecule has 5 nitrogen and oxygen atoms in total. The van der Waals surface area contributed by atoms with Crippen LogP contribution in [0.15, 0.2) is 27.4 Å². The largest absolute Gasteiger partial charge is 0.423 e. The van der Waals surface area contributed by atoms with Crippen molar-refractivity contribution in [1.29, 1.82) is 0 Å². The molecule has 0 atom stereocenters. The predicted octanol–water partition coefficient (Wildman–Crippen LogP) is 2.80. The lowest BCUT2D eigenvalue weighted by molar-refractivity contribution is -0.118. The maximum atomic E-state index is 11.8. The van der Waals surface area contributed by atoms with Gasteiger partial charge in [0.05, 0.1) is 5.75 Å². The van der Waals surface area contributed by atoms with E-state index >= 15 is 0 Å². The number of aryl methyl sites for hydroxylation is 2. The normalized spacial score (nSPS) is 11.0. The number of ether oxygens (including phenoxy) is 1. The van der Waals surface area contributed by atoms with E-state index in [1.165, 1.54) is 17.8 Å². The van der Waals surface area contributed by atoms with Crippen molar-refractivity contribution < 1.29 is 13.9 Å². The van der Waals surface area contributed by atoms with Gasteiger partial charge in [0.2, 0.25) is 5.91 Å². The van der Waals surface area contributed by atoms with Gasteiger partial charge in [0, 0.05) is 37.5 Å². The summed E-state index contributed by atoms with van der Waals surface area (Å²) in [5, 5.41) is 3.78. The van der Waals surface area contributed by atoms with Crippen LogP contribution >= 0.6 is 11.8 Å². The number of hydrogen-bond acceptors (Lipinski definition) is 5. The molecule has 1 aromatic carbocycles. The van der Waals surface area contributed by atoms with Crippen LogP contribution in [0, 0.1) is 13.8 Å². The highest BCUT2D eigenvalue weighted by atomic mass is 32.2. The Labute approximate surface area is 145 Å². The van der Waals surface area contributed by atoms with Gasteiger partial charge >= 0.3 is 5.63 Å². The number of nitrogens with one attached hydrogen (secondary N) is 1. The first-order valence-electron chi connectivity index (χ1n) is 7.88. The zero-order valence-electron chi connectivity index (χ0n) is 14.3. The highest BCUT2D eigenvalue weighted by molar-refractivity contribution is 7.99. The fourth-order valence-electron chi connectivity index (χ4n) is 2.35. The molecule has 0 radical (unpaired) electrons. The Morgan fingerprint density at radius 2 is 2.00 bits per heavy atom. The molecule has 0 fully saturated rings. The van der Waals surface area contributed by atoms with Crippen LogP contribution in [0.25, 0.3) is 11.0 Å². The summed E-state index contributed by atoms with van der Waals surface area (Å²) in [6.07, 6.45) is 0.801. The van der Waals surface area contributed by atoms with Crippen molar-refractivity contribution in [3.05, 3.63) is 45.3 Å². The second kappa shape index (κ2) is 8.89. The molecule has 1 N–H and O–H groups in total. The lowest BCUT2D eigenvalue weighted by atomic mass is 10.0. The number of thioether (sulfide) groups is 1. The molecule has 24 heavy (non-hydrogen) atoms. The van der Waals surface area contributed by atoms with Gasteiger partial charge in [-0.15, -0.1) is 11.8 Å². The molecular weight excluding hydrogens is 326 g/mol. The predicted molar refractivity (Wildman–Crippen MR) is 97.6 cm³/mol. The fraction of sp³-hybridized carbons (Fsp3) is 0.444. The lowest BCUT2D eigenvalue weighted by Crippen LogP contribution is -2.26. The number of hydrogen-bond donors (Lipinski definition) is 1. The summed E-state index contributed by atoms with van der Waals surface area (Å²) < 4.78 is 10.2. The van der Waals surface area contributed by atoms with E-state index in [0.717, 1.165) is 28.5 Å². The number of carbonyl (C=O) groups is 1. The number of rotatable bonds is 8. The monoisotopic (exact) mass is 349 g/mol. The summed E-state index contributed by atoms with van der Waals surface area (Å²) in [4.78, 5) is 23.5. The van der Waals surface area contributed by atoms with E-state index in [4.69, 9.17) is 9.15 Å². The van der Waals surface area contributed by atoms with Crippen LogP contribution in [0.4, 0.5) is 0 Å². The van der Waals surface area contributed by atoms with Crippen LogP contribution in [-0.2, 0) is 15.3 Å². The first-order valence-corrected chi connectivity index (χ1v) is 9.04. The Balaban J connectivity index is 1.99. The summed E-state index contributed by atoms with van der Waals surface area (Å²) in [5.74, 6) is 0.950. The van der Waals surface area contributed by atoms with Gasteiger partial charge in [-0.2, -0.15) is 0 Å². The van der Waals surface area contributed by atoms with Crippen LogP contribution in [0.3, 0.4) is 0 Å². The molecule has 0 unspecified atom stereocenters. The molecule has 0 aliphatic heterocycles. The van der Waals surface area contributed by atoms with Gasteiger partial charge in [0.1, 0.15) is 5.58 Å². The van der Waals surface area contributed by atoms with Gasteiger partial charge in [0.25, 0.3) is 0 Å². The van der Waals surface area contributed by atoms with E-state index in [2.05, 4.69) is 5.32 Å². The van der Waals surface area contributed by atoms with E-state index in [9.17, 15) is 9.59 Å². The van der Waals surface area contributed by atoms with Crippen molar-refractivity contribution in [3.8, 4) is 0 Å². The molecule has 0 saturated heterocycles. The Kier molecular flexibility index (Phi) is 6.87. The topological polar surface area (TPSA) is 68.5 Å². The first-order chi connectivity index (χ1) is 11.5. The Bertz CT molecular complexity index is 769. The summed E-state index contributed by atoms with van der Waals surface area (Å²) in [5.41, 5.74) is 3.39. The lowest BCUT2D eigenvalue weighted by Gasteiger charge is -2.08. The minimum atomic E-state index is -0.356. The fourth-order valence-corrected chi connectivity index (χ4v) is 3.20. The molecule has 6 heteroatoms. The molecule has 0 saturated carbocycles. The third kappa shape index (κ3) is 5.11.